The molecule has 2 nitrogen and oxygen atoms in total. The minimum atomic E-state index is 0.769. The molecule has 5 heteroatoms. The lowest BCUT2D eigenvalue weighted by molar-refractivity contribution is 0.420. The Hall–Kier alpha value is -1.69. The zero-order valence-electron chi connectivity index (χ0n) is 13.8. The Labute approximate surface area is 156 Å². The van der Waals surface area contributed by atoms with E-state index in [-0.39, 0.29) is 0 Å². The third-order valence-electron chi connectivity index (χ3n) is 3.78. The lowest BCUT2D eigenvalue weighted by atomic mass is 10.1. The van der Waals surface area contributed by atoms with Gasteiger partial charge in [0, 0.05) is 15.4 Å². The Morgan fingerprint density at radius 1 is 1.00 bits per heavy atom. The molecule has 24 heavy (non-hydrogen) atoms. The van der Waals surface area contributed by atoms with Gasteiger partial charge in [-0.05, 0) is 66.2 Å². The molecule has 0 saturated carbocycles. The Bertz CT molecular complexity index is 756. The van der Waals surface area contributed by atoms with Crippen LogP contribution in [0.2, 0.25) is 0 Å². The molecule has 0 atom stereocenters. The summed E-state index contributed by atoms with van der Waals surface area (Å²) in [6, 6.07) is 14.9. The number of aryl methyl sites for hydroxylation is 2. The van der Waals surface area contributed by atoms with E-state index in [1.54, 1.807) is 22.7 Å². The first-order valence-corrected chi connectivity index (χ1v) is 9.96. The second-order valence-corrected chi connectivity index (χ2v) is 8.21. The van der Waals surface area contributed by atoms with Crippen molar-refractivity contribution >= 4 is 45.7 Å². The van der Waals surface area contributed by atoms with Crippen molar-refractivity contribution in [3.8, 4) is 0 Å². The standard InChI is InChI=1S/C19H20N2S3/c1-14-7-8-15(2)18(11-14)20-19(22)21(12-16-5-3-9-23-16)13-17-6-4-10-24-17/h3-11H,12-13H2,1-2H3,(H,20,22). The quantitative estimate of drug-likeness (QED) is 0.568. The number of rotatable bonds is 5. The van der Waals surface area contributed by atoms with Gasteiger partial charge in [0.05, 0.1) is 13.1 Å². The molecule has 3 aromatic rings. The Morgan fingerprint density at radius 3 is 2.17 bits per heavy atom. The smallest absolute Gasteiger partial charge is 0.174 e. The molecular weight excluding hydrogens is 352 g/mol. The molecule has 1 N–H and O–H groups in total. The molecule has 0 radical (unpaired) electrons. The highest BCUT2D eigenvalue weighted by molar-refractivity contribution is 7.80. The summed E-state index contributed by atoms with van der Waals surface area (Å²) < 4.78 is 0. The highest BCUT2D eigenvalue weighted by Crippen LogP contribution is 2.21. The molecule has 0 unspecified atom stereocenters. The molecular formula is C19H20N2S3. The molecule has 2 heterocycles. The van der Waals surface area contributed by atoms with Gasteiger partial charge in [0.1, 0.15) is 0 Å². The number of hydrogen-bond acceptors (Lipinski definition) is 3. The fourth-order valence-electron chi connectivity index (χ4n) is 2.45. The van der Waals surface area contributed by atoms with Crippen LogP contribution in [0.25, 0.3) is 0 Å². The van der Waals surface area contributed by atoms with E-state index in [1.807, 2.05) is 0 Å². The lowest BCUT2D eigenvalue weighted by Gasteiger charge is -2.25. The number of thiocarbonyl (C=S) groups is 1. The fraction of sp³-hybridized carbons (Fsp3) is 0.211. The summed E-state index contributed by atoms with van der Waals surface area (Å²) in [5, 5.41) is 8.43. The number of hydrogen-bond donors (Lipinski definition) is 1. The first kappa shape index (κ1) is 17.1. The van der Waals surface area contributed by atoms with E-state index in [4.69, 9.17) is 12.2 Å². The highest BCUT2D eigenvalue weighted by Gasteiger charge is 2.13. The molecule has 0 aliphatic rings. The maximum Gasteiger partial charge on any atom is 0.174 e. The van der Waals surface area contributed by atoms with Crippen LogP contribution in [-0.4, -0.2) is 10.0 Å². The van der Waals surface area contributed by atoms with Crippen LogP contribution < -0.4 is 5.32 Å². The third-order valence-corrected chi connectivity index (χ3v) is 5.86. The SMILES string of the molecule is Cc1ccc(C)c(NC(=S)N(Cc2cccs2)Cc2cccs2)c1. The monoisotopic (exact) mass is 372 g/mol. The first-order valence-electron chi connectivity index (χ1n) is 7.80. The van der Waals surface area contributed by atoms with Crippen LogP contribution in [0.5, 0.6) is 0 Å². The topological polar surface area (TPSA) is 15.3 Å². The maximum atomic E-state index is 5.73. The van der Waals surface area contributed by atoms with Gasteiger partial charge in [0.25, 0.3) is 0 Å². The summed E-state index contributed by atoms with van der Waals surface area (Å²) in [7, 11) is 0. The van der Waals surface area contributed by atoms with Gasteiger partial charge in [-0.1, -0.05) is 24.3 Å². The van der Waals surface area contributed by atoms with E-state index in [2.05, 4.69) is 77.3 Å². The summed E-state index contributed by atoms with van der Waals surface area (Å²) >= 11 is 9.27. The van der Waals surface area contributed by atoms with Gasteiger partial charge in [-0.25, -0.2) is 0 Å². The average molecular weight is 373 g/mol. The second kappa shape index (κ2) is 7.92. The molecule has 1 aromatic carbocycles. The van der Waals surface area contributed by atoms with Crippen molar-refractivity contribution < 1.29 is 0 Å². The number of nitrogens with one attached hydrogen (secondary N) is 1. The van der Waals surface area contributed by atoms with Crippen molar-refractivity contribution in [2.75, 3.05) is 5.32 Å². The predicted octanol–water partition coefficient (Wildman–Crippen LogP) is 5.83. The van der Waals surface area contributed by atoms with E-state index in [0.29, 0.717) is 0 Å². The van der Waals surface area contributed by atoms with Gasteiger partial charge in [-0.3, -0.25) is 0 Å². The van der Waals surface area contributed by atoms with E-state index in [9.17, 15) is 0 Å². The molecule has 2 aromatic heterocycles. The van der Waals surface area contributed by atoms with Gasteiger partial charge in [-0.15, -0.1) is 22.7 Å². The van der Waals surface area contributed by atoms with E-state index in [0.717, 1.165) is 23.9 Å². The van der Waals surface area contributed by atoms with Gasteiger partial charge in [0.2, 0.25) is 0 Å². The summed E-state index contributed by atoms with van der Waals surface area (Å²) in [6.07, 6.45) is 0. The van der Waals surface area contributed by atoms with Crippen molar-refractivity contribution in [1.82, 2.24) is 4.90 Å². The summed E-state index contributed by atoms with van der Waals surface area (Å²) in [5.74, 6) is 0. The summed E-state index contributed by atoms with van der Waals surface area (Å²) in [6.45, 7) is 5.86. The Balaban J connectivity index is 1.78. The van der Waals surface area contributed by atoms with Crippen molar-refractivity contribution in [2.24, 2.45) is 0 Å². The van der Waals surface area contributed by atoms with Crippen molar-refractivity contribution in [2.45, 2.75) is 26.9 Å². The molecule has 0 spiro atoms. The molecule has 0 bridgehead atoms. The fourth-order valence-corrected chi connectivity index (χ4v) is 4.12. The van der Waals surface area contributed by atoms with Crippen LogP contribution in [0.15, 0.2) is 53.2 Å². The van der Waals surface area contributed by atoms with Gasteiger partial charge in [0.15, 0.2) is 5.11 Å². The molecule has 3 rings (SSSR count). The third kappa shape index (κ3) is 4.44. The maximum absolute atomic E-state index is 5.73. The van der Waals surface area contributed by atoms with Crippen LogP contribution in [0.3, 0.4) is 0 Å². The minimum Gasteiger partial charge on any atom is -0.339 e. The van der Waals surface area contributed by atoms with Crippen molar-refractivity contribution in [1.29, 1.82) is 0 Å². The first-order chi connectivity index (χ1) is 11.6. The van der Waals surface area contributed by atoms with Gasteiger partial charge < -0.3 is 10.2 Å². The number of nitrogens with zero attached hydrogens (tertiary/aromatic N) is 1. The number of anilines is 1. The molecule has 0 aliphatic heterocycles. The minimum absolute atomic E-state index is 0.769. The molecule has 0 amide bonds. The average Bonchev–Trinajstić information content (AvgIpc) is 3.24. The number of thiophene rings is 2. The van der Waals surface area contributed by atoms with Crippen molar-refractivity contribution in [3.05, 3.63) is 74.1 Å². The second-order valence-electron chi connectivity index (χ2n) is 5.76. The summed E-state index contributed by atoms with van der Waals surface area (Å²) in [5.41, 5.74) is 3.52. The Morgan fingerprint density at radius 2 is 1.62 bits per heavy atom. The Kier molecular flexibility index (Phi) is 5.66. The lowest BCUT2D eigenvalue weighted by Crippen LogP contribution is -2.33. The van der Waals surface area contributed by atoms with Crippen LogP contribution in [0.4, 0.5) is 5.69 Å². The van der Waals surface area contributed by atoms with Crippen LogP contribution in [-0.2, 0) is 13.1 Å². The molecule has 0 fully saturated rings. The predicted molar refractivity (Wildman–Crippen MR) is 110 cm³/mol. The van der Waals surface area contributed by atoms with Gasteiger partial charge >= 0.3 is 0 Å². The van der Waals surface area contributed by atoms with Crippen LogP contribution >= 0.6 is 34.9 Å². The zero-order valence-corrected chi connectivity index (χ0v) is 16.2. The normalized spacial score (nSPS) is 10.6. The largest absolute Gasteiger partial charge is 0.339 e. The molecule has 0 saturated heterocycles. The van der Waals surface area contributed by atoms with Crippen LogP contribution in [0.1, 0.15) is 20.9 Å². The van der Waals surface area contributed by atoms with E-state index < -0.39 is 0 Å². The van der Waals surface area contributed by atoms with Gasteiger partial charge in [-0.2, -0.15) is 0 Å². The van der Waals surface area contributed by atoms with Crippen molar-refractivity contribution in [3.63, 3.8) is 0 Å². The zero-order chi connectivity index (χ0) is 16.9. The highest BCUT2D eigenvalue weighted by atomic mass is 32.1. The number of benzene rings is 1. The molecule has 0 aliphatic carbocycles. The molecule has 124 valence electrons. The summed E-state index contributed by atoms with van der Waals surface area (Å²) in [4.78, 5) is 4.86. The van der Waals surface area contributed by atoms with Crippen LogP contribution in [0, 0.1) is 13.8 Å². The van der Waals surface area contributed by atoms with E-state index >= 15 is 0 Å². The van der Waals surface area contributed by atoms with E-state index in [1.165, 1.54) is 20.9 Å².